The lowest BCUT2D eigenvalue weighted by Crippen LogP contribution is -2.24. The molecule has 2 saturated heterocycles. The molecule has 0 aliphatic carbocycles. The van der Waals surface area contributed by atoms with Gasteiger partial charge in [-0.05, 0) is 37.5 Å². The quantitative estimate of drug-likeness (QED) is 0.845. The van der Waals surface area contributed by atoms with Crippen LogP contribution in [-0.4, -0.2) is 37.6 Å². The molecule has 0 unspecified atom stereocenters. The average molecular weight is 274 g/mol. The van der Waals surface area contributed by atoms with E-state index in [-0.39, 0.29) is 5.91 Å². The molecular weight excluding hydrogens is 252 g/mol. The van der Waals surface area contributed by atoms with E-state index in [0.29, 0.717) is 13.0 Å². The Labute approximate surface area is 120 Å². The van der Waals surface area contributed by atoms with Crippen molar-refractivity contribution in [2.75, 3.05) is 31.6 Å². The number of hydrogen-bond acceptors (Lipinski definition) is 3. The first-order chi connectivity index (χ1) is 9.78. The predicted octanol–water partition coefficient (Wildman–Crippen LogP) is 2.42. The van der Waals surface area contributed by atoms with E-state index in [4.69, 9.17) is 4.74 Å². The van der Waals surface area contributed by atoms with Gasteiger partial charge < -0.3 is 14.5 Å². The highest BCUT2D eigenvalue weighted by Crippen LogP contribution is 2.29. The summed E-state index contributed by atoms with van der Waals surface area (Å²) in [4.78, 5) is 16.1. The van der Waals surface area contributed by atoms with Gasteiger partial charge in [0.1, 0.15) is 5.75 Å². The molecule has 2 aliphatic heterocycles. The van der Waals surface area contributed by atoms with Crippen molar-refractivity contribution in [3.63, 3.8) is 0 Å². The number of anilines is 1. The Morgan fingerprint density at radius 1 is 1.15 bits per heavy atom. The lowest BCUT2D eigenvalue weighted by molar-refractivity contribution is -0.128. The molecular formula is C16H22N2O2. The second-order valence-corrected chi connectivity index (χ2v) is 5.61. The van der Waals surface area contributed by atoms with E-state index in [2.05, 4.69) is 17.0 Å². The molecule has 0 atom stereocenters. The van der Waals surface area contributed by atoms with Gasteiger partial charge in [-0.3, -0.25) is 4.79 Å². The lowest BCUT2D eigenvalue weighted by atomic mass is 10.1. The van der Waals surface area contributed by atoms with Crippen LogP contribution >= 0.6 is 0 Å². The number of amides is 1. The molecule has 0 N–H and O–H groups in total. The van der Waals surface area contributed by atoms with Crippen LogP contribution in [0.3, 0.4) is 0 Å². The molecule has 0 spiro atoms. The smallest absolute Gasteiger partial charge is 0.222 e. The summed E-state index contributed by atoms with van der Waals surface area (Å²) in [7, 11) is 1.69. The molecule has 4 heteroatoms. The zero-order chi connectivity index (χ0) is 13.9. The molecule has 108 valence electrons. The van der Waals surface area contributed by atoms with Crippen molar-refractivity contribution in [3.05, 3.63) is 23.8 Å². The predicted molar refractivity (Wildman–Crippen MR) is 79.1 cm³/mol. The van der Waals surface area contributed by atoms with Crippen LogP contribution in [0, 0.1) is 0 Å². The Morgan fingerprint density at radius 3 is 2.60 bits per heavy atom. The summed E-state index contributed by atoms with van der Waals surface area (Å²) in [5, 5.41) is 0. The SMILES string of the molecule is COc1ccc(N2CCCC2)cc1CN1CCCC1=O. The van der Waals surface area contributed by atoms with Crippen LogP contribution < -0.4 is 9.64 Å². The van der Waals surface area contributed by atoms with Crippen molar-refractivity contribution in [2.24, 2.45) is 0 Å². The van der Waals surface area contributed by atoms with Crippen LogP contribution in [0.2, 0.25) is 0 Å². The average Bonchev–Trinajstić information content (AvgIpc) is 3.11. The van der Waals surface area contributed by atoms with E-state index in [1.165, 1.54) is 18.5 Å². The monoisotopic (exact) mass is 274 g/mol. The summed E-state index contributed by atoms with van der Waals surface area (Å²) < 4.78 is 5.45. The second kappa shape index (κ2) is 5.73. The number of carbonyl (C=O) groups is 1. The number of methoxy groups -OCH3 is 1. The maximum absolute atomic E-state index is 11.8. The first-order valence-corrected chi connectivity index (χ1v) is 7.47. The minimum atomic E-state index is 0.263. The first-order valence-electron chi connectivity index (χ1n) is 7.47. The number of ether oxygens (including phenoxy) is 1. The molecule has 0 aromatic heterocycles. The molecule has 20 heavy (non-hydrogen) atoms. The van der Waals surface area contributed by atoms with E-state index in [9.17, 15) is 4.79 Å². The van der Waals surface area contributed by atoms with Gasteiger partial charge in [0.25, 0.3) is 0 Å². The number of nitrogens with zero attached hydrogens (tertiary/aromatic N) is 2. The maximum atomic E-state index is 11.8. The van der Waals surface area contributed by atoms with E-state index >= 15 is 0 Å². The third-order valence-electron chi connectivity index (χ3n) is 4.27. The van der Waals surface area contributed by atoms with E-state index in [1.54, 1.807) is 7.11 Å². The lowest BCUT2D eigenvalue weighted by Gasteiger charge is -2.22. The number of benzene rings is 1. The molecule has 1 amide bonds. The molecule has 1 aromatic rings. The third-order valence-corrected chi connectivity index (χ3v) is 4.27. The van der Waals surface area contributed by atoms with Gasteiger partial charge in [-0.25, -0.2) is 0 Å². The largest absolute Gasteiger partial charge is 0.496 e. The van der Waals surface area contributed by atoms with Gasteiger partial charge in [-0.15, -0.1) is 0 Å². The Balaban J connectivity index is 1.82. The number of carbonyl (C=O) groups excluding carboxylic acids is 1. The van der Waals surface area contributed by atoms with E-state index in [1.807, 2.05) is 11.0 Å². The molecule has 2 aliphatic rings. The highest BCUT2D eigenvalue weighted by molar-refractivity contribution is 5.78. The van der Waals surface area contributed by atoms with Crippen molar-refractivity contribution in [1.29, 1.82) is 0 Å². The number of rotatable bonds is 4. The number of likely N-dealkylation sites (tertiary alicyclic amines) is 1. The van der Waals surface area contributed by atoms with Crippen molar-refractivity contribution >= 4 is 11.6 Å². The van der Waals surface area contributed by atoms with Crippen LogP contribution in [0.25, 0.3) is 0 Å². The minimum Gasteiger partial charge on any atom is -0.496 e. The zero-order valence-corrected chi connectivity index (χ0v) is 12.1. The van der Waals surface area contributed by atoms with Crippen LogP contribution in [0.1, 0.15) is 31.2 Å². The second-order valence-electron chi connectivity index (χ2n) is 5.61. The summed E-state index contributed by atoms with van der Waals surface area (Å²) >= 11 is 0. The Kier molecular flexibility index (Phi) is 3.81. The zero-order valence-electron chi connectivity index (χ0n) is 12.1. The summed E-state index contributed by atoms with van der Waals surface area (Å²) in [6, 6.07) is 6.35. The van der Waals surface area contributed by atoms with Crippen molar-refractivity contribution in [3.8, 4) is 5.75 Å². The molecule has 0 saturated carbocycles. The Bertz CT molecular complexity index is 495. The molecule has 2 fully saturated rings. The summed E-state index contributed by atoms with van der Waals surface area (Å²) in [5.41, 5.74) is 2.37. The van der Waals surface area contributed by atoms with Gasteiger partial charge in [0, 0.05) is 43.9 Å². The molecule has 1 aromatic carbocycles. The van der Waals surface area contributed by atoms with Crippen LogP contribution in [0.5, 0.6) is 5.75 Å². The van der Waals surface area contributed by atoms with Gasteiger partial charge in [-0.2, -0.15) is 0 Å². The first kappa shape index (κ1) is 13.3. The van der Waals surface area contributed by atoms with Crippen molar-refractivity contribution in [2.45, 2.75) is 32.2 Å². The normalized spacial score (nSPS) is 18.9. The summed E-state index contributed by atoms with van der Waals surface area (Å²) in [5.74, 6) is 1.14. The number of hydrogen-bond donors (Lipinski definition) is 0. The fraction of sp³-hybridized carbons (Fsp3) is 0.562. The van der Waals surface area contributed by atoms with Gasteiger partial charge in [0.15, 0.2) is 0 Å². The molecule has 0 radical (unpaired) electrons. The topological polar surface area (TPSA) is 32.8 Å². The van der Waals surface area contributed by atoms with Crippen LogP contribution in [0.4, 0.5) is 5.69 Å². The minimum absolute atomic E-state index is 0.263. The van der Waals surface area contributed by atoms with Crippen molar-refractivity contribution < 1.29 is 9.53 Å². The van der Waals surface area contributed by atoms with Gasteiger partial charge in [0.05, 0.1) is 7.11 Å². The van der Waals surface area contributed by atoms with E-state index in [0.717, 1.165) is 37.4 Å². The summed E-state index contributed by atoms with van der Waals surface area (Å²) in [6.07, 6.45) is 4.21. The standard InChI is InChI=1S/C16H22N2O2/c1-20-15-7-6-14(17-8-2-3-9-17)11-13(15)12-18-10-4-5-16(18)19/h6-7,11H,2-5,8-10,12H2,1H3. The van der Waals surface area contributed by atoms with Gasteiger partial charge >= 0.3 is 0 Å². The highest BCUT2D eigenvalue weighted by Gasteiger charge is 2.22. The maximum Gasteiger partial charge on any atom is 0.222 e. The van der Waals surface area contributed by atoms with Crippen molar-refractivity contribution in [1.82, 2.24) is 4.90 Å². The van der Waals surface area contributed by atoms with E-state index < -0.39 is 0 Å². The fourth-order valence-electron chi connectivity index (χ4n) is 3.14. The fourth-order valence-corrected chi connectivity index (χ4v) is 3.14. The molecule has 0 bridgehead atoms. The van der Waals surface area contributed by atoms with Gasteiger partial charge in [-0.1, -0.05) is 0 Å². The van der Waals surface area contributed by atoms with Crippen LogP contribution in [0.15, 0.2) is 18.2 Å². The molecule has 3 rings (SSSR count). The Morgan fingerprint density at radius 2 is 1.95 bits per heavy atom. The summed E-state index contributed by atoms with van der Waals surface area (Å²) in [6.45, 7) is 3.81. The van der Waals surface area contributed by atoms with Crippen LogP contribution in [-0.2, 0) is 11.3 Å². The molecule has 4 nitrogen and oxygen atoms in total. The molecule has 2 heterocycles. The third kappa shape index (κ3) is 2.60. The Hall–Kier alpha value is -1.71. The highest BCUT2D eigenvalue weighted by atomic mass is 16.5. The van der Waals surface area contributed by atoms with Gasteiger partial charge in [0.2, 0.25) is 5.91 Å².